The van der Waals surface area contributed by atoms with Crippen LogP contribution in [0.15, 0.2) is 72.9 Å². The number of benzene rings is 2. The Labute approximate surface area is 183 Å². The predicted octanol–water partition coefficient (Wildman–Crippen LogP) is 4.56. The summed E-state index contributed by atoms with van der Waals surface area (Å²) >= 11 is 0. The average molecular weight is 438 g/mol. The molecular weight excluding hydrogens is 418 g/mol. The first-order valence-corrected chi connectivity index (χ1v) is 9.78. The number of nitrogens with zero attached hydrogens (tertiary/aromatic N) is 4. The molecule has 2 heterocycles. The molecule has 9 heteroatoms. The quantitative estimate of drug-likeness (QED) is 0.382. The molecule has 4 rings (SSSR count). The number of rotatable bonds is 9. The van der Waals surface area contributed by atoms with Crippen LogP contribution in [0.2, 0.25) is 0 Å². The van der Waals surface area contributed by atoms with Crippen molar-refractivity contribution in [2.75, 3.05) is 13.7 Å². The molecule has 0 fully saturated rings. The summed E-state index contributed by atoms with van der Waals surface area (Å²) in [4.78, 5) is 8.46. The Hall–Kier alpha value is -4.01. The van der Waals surface area contributed by atoms with Crippen LogP contribution in [-0.4, -0.2) is 39.9 Å². The van der Waals surface area contributed by atoms with Crippen molar-refractivity contribution >= 4 is 0 Å². The minimum atomic E-state index is -2.63. The molecule has 4 aromatic rings. The highest BCUT2D eigenvalue weighted by Gasteiger charge is 2.17. The van der Waals surface area contributed by atoms with Gasteiger partial charge in [-0.2, -0.15) is 4.98 Å². The third-order valence-electron chi connectivity index (χ3n) is 4.46. The zero-order valence-corrected chi connectivity index (χ0v) is 17.2. The van der Waals surface area contributed by atoms with Gasteiger partial charge in [-0.1, -0.05) is 30.3 Å². The Morgan fingerprint density at radius 2 is 1.72 bits per heavy atom. The van der Waals surface area contributed by atoms with Gasteiger partial charge in [0.25, 0.3) is 6.43 Å². The second-order valence-corrected chi connectivity index (χ2v) is 6.69. The molecule has 2 aromatic heterocycles. The molecule has 0 aliphatic carbocycles. The monoisotopic (exact) mass is 438 g/mol. The van der Waals surface area contributed by atoms with E-state index in [4.69, 9.17) is 14.2 Å². The molecule has 0 bridgehead atoms. The first-order valence-electron chi connectivity index (χ1n) is 9.78. The highest BCUT2D eigenvalue weighted by atomic mass is 19.3. The molecular formula is C23H20F2N4O3. The van der Waals surface area contributed by atoms with E-state index >= 15 is 0 Å². The zero-order valence-electron chi connectivity index (χ0n) is 17.2. The highest BCUT2D eigenvalue weighted by molar-refractivity contribution is 5.59. The van der Waals surface area contributed by atoms with Crippen molar-refractivity contribution in [3.05, 3.63) is 78.5 Å². The lowest BCUT2D eigenvalue weighted by atomic mass is 10.2. The van der Waals surface area contributed by atoms with Crippen molar-refractivity contribution < 1.29 is 23.0 Å². The van der Waals surface area contributed by atoms with Crippen molar-refractivity contribution in [2.45, 2.75) is 13.0 Å². The molecule has 2 aromatic carbocycles. The van der Waals surface area contributed by atoms with Crippen molar-refractivity contribution in [1.82, 2.24) is 19.7 Å². The topological polar surface area (TPSA) is 71.3 Å². The Bertz CT molecular complexity index is 1130. The fourth-order valence-electron chi connectivity index (χ4n) is 2.92. The maximum atomic E-state index is 12.6. The van der Waals surface area contributed by atoms with E-state index in [9.17, 15) is 8.78 Å². The van der Waals surface area contributed by atoms with E-state index in [0.717, 1.165) is 5.56 Å². The fourth-order valence-corrected chi connectivity index (χ4v) is 2.92. The first-order chi connectivity index (χ1) is 15.6. The van der Waals surface area contributed by atoms with E-state index < -0.39 is 13.0 Å². The summed E-state index contributed by atoms with van der Waals surface area (Å²) in [6, 6.07) is 20.3. The van der Waals surface area contributed by atoms with Crippen LogP contribution in [-0.2, 0) is 6.61 Å². The predicted molar refractivity (Wildman–Crippen MR) is 113 cm³/mol. The van der Waals surface area contributed by atoms with Crippen LogP contribution in [0, 0.1) is 0 Å². The number of alkyl halides is 2. The van der Waals surface area contributed by atoms with Gasteiger partial charge in [0.05, 0.1) is 19.0 Å². The summed E-state index contributed by atoms with van der Waals surface area (Å²) in [5.41, 5.74) is 2.33. The van der Waals surface area contributed by atoms with Gasteiger partial charge in [-0.3, -0.25) is 0 Å². The van der Waals surface area contributed by atoms with Gasteiger partial charge in [-0.25, -0.2) is 18.4 Å². The normalized spacial score (nSPS) is 10.9. The Morgan fingerprint density at radius 1 is 0.938 bits per heavy atom. The number of aromatic nitrogens is 4. The zero-order chi connectivity index (χ0) is 22.3. The third-order valence-corrected chi connectivity index (χ3v) is 4.46. The summed E-state index contributed by atoms with van der Waals surface area (Å²) in [6.45, 7) is -0.351. The molecule has 0 saturated carbocycles. The van der Waals surface area contributed by atoms with Gasteiger partial charge in [0, 0.05) is 11.6 Å². The Balaban J connectivity index is 1.58. The second-order valence-electron chi connectivity index (χ2n) is 6.69. The summed E-state index contributed by atoms with van der Waals surface area (Å²) in [6.07, 6.45) is -1.08. The maximum Gasteiger partial charge on any atom is 0.336 e. The number of ether oxygens (including phenoxy) is 3. The van der Waals surface area contributed by atoms with Crippen LogP contribution in [0.5, 0.6) is 17.6 Å². The van der Waals surface area contributed by atoms with Gasteiger partial charge in [0.2, 0.25) is 5.88 Å². The van der Waals surface area contributed by atoms with Crippen molar-refractivity contribution in [3.8, 4) is 34.7 Å². The molecule has 0 amide bonds. The SMILES string of the molecule is COc1ccc(-n2nc(OCC(F)F)nc2-c2ccc(OCc3ccccc3)cc2)cn1. The van der Waals surface area contributed by atoms with Crippen LogP contribution in [0.3, 0.4) is 0 Å². The summed E-state index contributed by atoms with van der Waals surface area (Å²) in [5, 5.41) is 4.22. The molecule has 0 spiro atoms. The lowest BCUT2D eigenvalue weighted by molar-refractivity contribution is 0.0771. The van der Waals surface area contributed by atoms with E-state index in [1.54, 1.807) is 18.3 Å². The van der Waals surface area contributed by atoms with Gasteiger partial charge in [0.15, 0.2) is 12.4 Å². The van der Waals surface area contributed by atoms with E-state index in [1.807, 2.05) is 54.6 Å². The number of pyridine rings is 1. The molecule has 0 aliphatic heterocycles. The van der Waals surface area contributed by atoms with Crippen LogP contribution in [0.25, 0.3) is 17.1 Å². The molecule has 0 atom stereocenters. The van der Waals surface area contributed by atoms with E-state index in [1.165, 1.54) is 11.8 Å². The van der Waals surface area contributed by atoms with Crippen molar-refractivity contribution in [3.63, 3.8) is 0 Å². The molecule has 7 nitrogen and oxygen atoms in total. The fraction of sp³-hybridized carbons (Fsp3) is 0.174. The van der Waals surface area contributed by atoms with Crippen LogP contribution < -0.4 is 14.2 Å². The molecule has 32 heavy (non-hydrogen) atoms. The van der Waals surface area contributed by atoms with Crippen molar-refractivity contribution in [1.29, 1.82) is 0 Å². The molecule has 0 saturated heterocycles. The van der Waals surface area contributed by atoms with Crippen LogP contribution >= 0.6 is 0 Å². The summed E-state index contributed by atoms with van der Waals surface area (Å²) < 4.78 is 42.5. The molecule has 0 aliphatic rings. The summed E-state index contributed by atoms with van der Waals surface area (Å²) in [5.74, 6) is 1.53. The van der Waals surface area contributed by atoms with Crippen molar-refractivity contribution in [2.24, 2.45) is 0 Å². The molecule has 0 radical (unpaired) electrons. The molecule has 0 unspecified atom stereocenters. The average Bonchev–Trinajstić information content (AvgIpc) is 3.27. The second kappa shape index (κ2) is 9.86. The Kier molecular flexibility index (Phi) is 6.54. The van der Waals surface area contributed by atoms with Gasteiger partial charge in [-0.05, 0) is 35.9 Å². The van der Waals surface area contributed by atoms with Gasteiger partial charge >= 0.3 is 6.01 Å². The minimum absolute atomic E-state index is 0.152. The standard InChI is InChI=1S/C23H20F2N4O3/c1-30-21-12-9-18(13-26-21)29-22(27-23(28-29)32-15-20(24)25)17-7-10-19(11-8-17)31-14-16-5-3-2-4-6-16/h2-13,20H,14-15H2,1H3. The number of halogens is 2. The van der Waals surface area contributed by atoms with E-state index in [-0.39, 0.29) is 6.01 Å². The third kappa shape index (κ3) is 5.18. The minimum Gasteiger partial charge on any atom is -0.489 e. The largest absolute Gasteiger partial charge is 0.489 e. The smallest absolute Gasteiger partial charge is 0.336 e. The highest BCUT2D eigenvalue weighted by Crippen LogP contribution is 2.26. The van der Waals surface area contributed by atoms with Crippen LogP contribution in [0.4, 0.5) is 8.78 Å². The van der Waals surface area contributed by atoms with Gasteiger partial charge < -0.3 is 14.2 Å². The van der Waals surface area contributed by atoms with E-state index in [0.29, 0.717) is 35.3 Å². The number of methoxy groups -OCH3 is 1. The van der Waals surface area contributed by atoms with Crippen LogP contribution in [0.1, 0.15) is 5.56 Å². The van der Waals surface area contributed by atoms with Gasteiger partial charge in [-0.15, -0.1) is 5.10 Å². The lowest BCUT2D eigenvalue weighted by Gasteiger charge is -2.08. The maximum absolute atomic E-state index is 12.6. The van der Waals surface area contributed by atoms with E-state index in [2.05, 4.69) is 15.1 Å². The first kappa shape index (κ1) is 21.2. The van der Waals surface area contributed by atoms with Gasteiger partial charge in [0.1, 0.15) is 12.4 Å². The lowest BCUT2D eigenvalue weighted by Crippen LogP contribution is -2.08. The Morgan fingerprint density at radius 3 is 2.38 bits per heavy atom. The summed E-state index contributed by atoms with van der Waals surface area (Å²) in [7, 11) is 1.51. The number of hydrogen-bond donors (Lipinski definition) is 0. The molecule has 0 N–H and O–H groups in total. The number of hydrogen-bond acceptors (Lipinski definition) is 6. The molecule has 164 valence electrons.